The molecule has 1 fully saturated rings. The van der Waals surface area contributed by atoms with Crippen molar-refractivity contribution in [2.24, 2.45) is 0 Å². The van der Waals surface area contributed by atoms with Crippen molar-refractivity contribution in [3.05, 3.63) is 23.7 Å². The second kappa shape index (κ2) is 6.90. The minimum Gasteiger partial charge on any atom is -0.464 e. The molecule has 1 aliphatic rings. The summed E-state index contributed by atoms with van der Waals surface area (Å²) in [6, 6.07) is 4.31. The molecule has 0 bridgehead atoms. The van der Waals surface area contributed by atoms with Crippen molar-refractivity contribution in [3.8, 4) is 0 Å². The van der Waals surface area contributed by atoms with Crippen LogP contribution in [0.15, 0.2) is 16.5 Å². The van der Waals surface area contributed by atoms with Gasteiger partial charge in [-0.3, -0.25) is 9.69 Å². The first-order chi connectivity index (χ1) is 9.56. The standard InChI is InChI=1S/C15H25N3O2/c1-12-6-7-14(20-12)10-18(3)15(19)11-17(2)13-5-4-8-16-9-13/h6-7,13,16H,4-5,8-11H2,1-3H3. The summed E-state index contributed by atoms with van der Waals surface area (Å²) in [5.74, 6) is 1.85. The molecule has 1 N–H and O–H groups in total. The van der Waals surface area contributed by atoms with E-state index < -0.39 is 0 Å². The van der Waals surface area contributed by atoms with Gasteiger partial charge in [0, 0.05) is 19.6 Å². The van der Waals surface area contributed by atoms with Crippen molar-refractivity contribution in [3.63, 3.8) is 0 Å². The number of likely N-dealkylation sites (N-methyl/N-ethyl adjacent to an activating group) is 2. The third kappa shape index (κ3) is 4.08. The predicted molar refractivity (Wildman–Crippen MR) is 78.4 cm³/mol. The van der Waals surface area contributed by atoms with Gasteiger partial charge in [-0.05, 0) is 45.5 Å². The molecule has 0 saturated carbocycles. The molecular formula is C15H25N3O2. The van der Waals surface area contributed by atoms with Gasteiger partial charge >= 0.3 is 0 Å². The summed E-state index contributed by atoms with van der Waals surface area (Å²) in [5, 5.41) is 3.38. The number of piperidine rings is 1. The third-order valence-corrected chi connectivity index (χ3v) is 3.89. The van der Waals surface area contributed by atoms with Crippen LogP contribution in [0.3, 0.4) is 0 Å². The highest BCUT2D eigenvalue weighted by molar-refractivity contribution is 5.77. The number of rotatable bonds is 5. The molecule has 1 aliphatic heterocycles. The second-order valence-corrected chi connectivity index (χ2v) is 5.68. The maximum atomic E-state index is 12.2. The fourth-order valence-electron chi connectivity index (χ4n) is 2.56. The molecule has 1 amide bonds. The van der Waals surface area contributed by atoms with Crippen LogP contribution in [0.1, 0.15) is 24.4 Å². The molecule has 0 spiro atoms. The van der Waals surface area contributed by atoms with E-state index in [2.05, 4.69) is 10.2 Å². The summed E-state index contributed by atoms with van der Waals surface area (Å²) in [4.78, 5) is 16.1. The number of furan rings is 1. The number of hydrogen-bond donors (Lipinski definition) is 1. The van der Waals surface area contributed by atoms with Crippen molar-refractivity contribution < 1.29 is 9.21 Å². The van der Waals surface area contributed by atoms with Gasteiger partial charge in [-0.25, -0.2) is 0 Å². The number of amides is 1. The van der Waals surface area contributed by atoms with Crippen LogP contribution in [0.4, 0.5) is 0 Å². The van der Waals surface area contributed by atoms with Gasteiger partial charge < -0.3 is 14.6 Å². The van der Waals surface area contributed by atoms with Crippen LogP contribution in [0, 0.1) is 6.92 Å². The van der Waals surface area contributed by atoms with Gasteiger partial charge in [-0.2, -0.15) is 0 Å². The van der Waals surface area contributed by atoms with E-state index in [0.29, 0.717) is 19.1 Å². The number of hydrogen-bond acceptors (Lipinski definition) is 4. The van der Waals surface area contributed by atoms with Crippen LogP contribution in [-0.2, 0) is 11.3 Å². The molecule has 2 heterocycles. The Hall–Kier alpha value is -1.33. The molecule has 5 nitrogen and oxygen atoms in total. The molecule has 1 unspecified atom stereocenters. The zero-order chi connectivity index (χ0) is 14.5. The number of aryl methyl sites for hydroxylation is 1. The Labute approximate surface area is 120 Å². The van der Waals surface area contributed by atoms with Gasteiger partial charge in [0.05, 0.1) is 13.1 Å². The smallest absolute Gasteiger partial charge is 0.236 e. The summed E-state index contributed by atoms with van der Waals surface area (Å²) in [6.07, 6.45) is 2.35. The molecule has 20 heavy (non-hydrogen) atoms. The van der Waals surface area contributed by atoms with Crippen LogP contribution >= 0.6 is 0 Å². The summed E-state index contributed by atoms with van der Waals surface area (Å²) in [5.41, 5.74) is 0. The summed E-state index contributed by atoms with van der Waals surface area (Å²) in [6.45, 7) is 4.97. The van der Waals surface area contributed by atoms with E-state index >= 15 is 0 Å². The largest absolute Gasteiger partial charge is 0.464 e. The van der Waals surface area contributed by atoms with Crippen molar-refractivity contribution in [1.82, 2.24) is 15.1 Å². The molecular weight excluding hydrogens is 254 g/mol. The molecule has 1 aromatic rings. The van der Waals surface area contributed by atoms with Crippen LogP contribution in [0.25, 0.3) is 0 Å². The SMILES string of the molecule is Cc1ccc(CN(C)C(=O)CN(C)C2CCCNC2)o1. The Morgan fingerprint density at radius 3 is 2.85 bits per heavy atom. The van der Waals surface area contributed by atoms with E-state index in [1.54, 1.807) is 4.90 Å². The molecule has 5 heteroatoms. The van der Waals surface area contributed by atoms with Crippen molar-refractivity contribution >= 4 is 5.91 Å². The van der Waals surface area contributed by atoms with E-state index in [1.807, 2.05) is 33.2 Å². The normalized spacial score (nSPS) is 19.3. The number of nitrogens with one attached hydrogen (secondary N) is 1. The van der Waals surface area contributed by atoms with E-state index in [0.717, 1.165) is 31.0 Å². The highest BCUT2D eigenvalue weighted by Crippen LogP contribution is 2.11. The zero-order valence-corrected chi connectivity index (χ0v) is 12.7. The van der Waals surface area contributed by atoms with Crippen molar-refractivity contribution in [2.75, 3.05) is 33.7 Å². The first-order valence-electron chi connectivity index (χ1n) is 7.26. The first kappa shape index (κ1) is 15.1. The van der Waals surface area contributed by atoms with Crippen LogP contribution in [-0.4, -0.2) is 55.5 Å². The van der Waals surface area contributed by atoms with E-state index in [4.69, 9.17) is 4.42 Å². The van der Waals surface area contributed by atoms with Crippen LogP contribution in [0.5, 0.6) is 0 Å². The Morgan fingerprint density at radius 1 is 1.45 bits per heavy atom. The van der Waals surface area contributed by atoms with Gasteiger partial charge in [0.15, 0.2) is 0 Å². The minimum absolute atomic E-state index is 0.132. The molecule has 2 rings (SSSR count). The summed E-state index contributed by atoms with van der Waals surface area (Å²) >= 11 is 0. The molecule has 0 aromatic carbocycles. The third-order valence-electron chi connectivity index (χ3n) is 3.89. The van der Waals surface area contributed by atoms with E-state index in [1.165, 1.54) is 6.42 Å². The first-order valence-corrected chi connectivity index (χ1v) is 7.26. The Balaban J connectivity index is 1.80. The Kier molecular flexibility index (Phi) is 5.20. The van der Waals surface area contributed by atoms with Gasteiger partial charge in [-0.1, -0.05) is 0 Å². The molecule has 112 valence electrons. The van der Waals surface area contributed by atoms with Crippen molar-refractivity contribution in [1.29, 1.82) is 0 Å². The van der Waals surface area contributed by atoms with E-state index in [-0.39, 0.29) is 5.91 Å². The van der Waals surface area contributed by atoms with E-state index in [9.17, 15) is 4.79 Å². The summed E-state index contributed by atoms with van der Waals surface area (Å²) in [7, 11) is 3.85. The fraction of sp³-hybridized carbons (Fsp3) is 0.667. The zero-order valence-electron chi connectivity index (χ0n) is 12.7. The maximum absolute atomic E-state index is 12.2. The highest BCUT2D eigenvalue weighted by atomic mass is 16.3. The average molecular weight is 279 g/mol. The van der Waals surface area contributed by atoms with Gasteiger partial charge in [0.2, 0.25) is 5.91 Å². The summed E-state index contributed by atoms with van der Waals surface area (Å²) < 4.78 is 5.51. The lowest BCUT2D eigenvalue weighted by Crippen LogP contribution is -2.47. The van der Waals surface area contributed by atoms with Crippen molar-refractivity contribution in [2.45, 2.75) is 32.4 Å². The van der Waals surface area contributed by atoms with Crippen LogP contribution in [0.2, 0.25) is 0 Å². The maximum Gasteiger partial charge on any atom is 0.236 e. The molecule has 0 aliphatic carbocycles. The number of carbonyl (C=O) groups is 1. The monoisotopic (exact) mass is 279 g/mol. The Bertz CT molecular complexity index is 438. The molecule has 1 saturated heterocycles. The lowest BCUT2D eigenvalue weighted by atomic mass is 10.1. The predicted octanol–water partition coefficient (Wildman–Crippen LogP) is 1.23. The molecule has 1 aromatic heterocycles. The van der Waals surface area contributed by atoms with Crippen LogP contribution < -0.4 is 5.32 Å². The van der Waals surface area contributed by atoms with Gasteiger partial charge in [0.25, 0.3) is 0 Å². The van der Waals surface area contributed by atoms with Gasteiger partial charge in [-0.15, -0.1) is 0 Å². The highest BCUT2D eigenvalue weighted by Gasteiger charge is 2.21. The lowest BCUT2D eigenvalue weighted by molar-refractivity contribution is -0.132. The lowest BCUT2D eigenvalue weighted by Gasteiger charge is -2.32. The number of carbonyl (C=O) groups excluding carboxylic acids is 1. The molecule has 1 atom stereocenters. The fourth-order valence-corrected chi connectivity index (χ4v) is 2.56. The second-order valence-electron chi connectivity index (χ2n) is 5.68. The van der Waals surface area contributed by atoms with Gasteiger partial charge in [0.1, 0.15) is 11.5 Å². The Morgan fingerprint density at radius 2 is 2.25 bits per heavy atom. The minimum atomic E-state index is 0.132. The quantitative estimate of drug-likeness (QED) is 0.881. The average Bonchev–Trinajstić information content (AvgIpc) is 2.85. The molecule has 0 radical (unpaired) electrons. The number of nitrogens with zero attached hydrogens (tertiary/aromatic N) is 2. The topological polar surface area (TPSA) is 48.7 Å².